The second-order valence-electron chi connectivity index (χ2n) is 4.19. The van der Waals surface area contributed by atoms with E-state index in [1.165, 1.54) is 35.0 Å². The quantitative estimate of drug-likeness (QED) is 0.358. The topological polar surface area (TPSA) is 95.1 Å². The van der Waals surface area contributed by atoms with E-state index in [-0.39, 0.29) is 29.3 Å². The van der Waals surface area contributed by atoms with Gasteiger partial charge < -0.3 is 4.57 Å². The molecular formula is C13H11N3O4. The van der Waals surface area contributed by atoms with Crippen molar-refractivity contribution in [1.29, 1.82) is 0 Å². The molecule has 1 aromatic heterocycles. The smallest absolute Gasteiger partial charge is 0.269 e. The lowest BCUT2D eigenvalue weighted by atomic mass is 10.1. The zero-order valence-electron chi connectivity index (χ0n) is 10.6. The van der Waals surface area contributed by atoms with Crippen LogP contribution in [0.15, 0.2) is 36.7 Å². The Kier molecular flexibility index (Phi) is 3.69. The number of ketones is 2. The van der Waals surface area contributed by atoms with Crippen LogP contribution >= 0.6 is 0 Å². The highest BCUT2D eigenvalue weighted by Gasteiger charge is 2.17. The van der Waals surface area contributed by atoms with Crippen molar-refractivity contribution < 1.29 is 14.5 Å². The van der Waals surface area contributed by atoms with Crippen molar-refractivity contribution in [1.82, 2.24) is 9.55 Å². The standard InChI is InChI=1S/C13H11N3O4/c1-15-7-6-14-13(15)12(18)8-11(17)9-2-4-10(5-3-9)16(19)20/h2-7H,8H2,1H3. The lowest BCUT2D eigenvalue weighted by Crippen LogP contribution is -2.13. The normalized spacial score (nSPS) is 10.2. The number of non-ortho nitro benzene ring substituents is 1. The molecule has 7 heteroatoms. The van der Waals surface area contributed by atoms with E-state index in [1.54, 1.807) is 13.2 Å². The molecule has 0 N–H and O–H groups in total. The van der Waals surface area contributed by atoms with Crippen LogP contribution in [-0.2, 0) is 7.05 Å². The minimum absolute atomic E-state index is 0.100. The number of hydrogen-bond donors (Lipinski definition) is 0. The molecule has 0 amide bonds. The molecule has 0 saturated carbocycles. The molecule has 0 fully saturated rings. The van der Waals surface area contributed by atoms with Gasteiger partial charge in [0.05, 0.1) is 11.3 Å². The summed E-state index contributed by atoms with van der Waals surface area (Å²) in [6, 6.07) is 5.15. The summed E-state index contributed by atoms with van der Waals surface area (Å²) in [6.07, 6.45) is 2.77. The van der Waals surface area contributed by atoms with Gasteiger partial charge in [0.1, 0.15) is 0 Å². The number of hydrogen-bond acceptors (Lipinski definition) is 5. The number of nitro benzene ring substituents is 1. The van der Waals surface area contributed by atoms with Crippen molar-refractivity contribution in [3.63, 3.8) is 0 Å². The number of imidazole rings is 1. The number of nitro groups is 1. The first-order valence-corrected chi connectivity index (χ1v) is 5.77. The first-order valence-electron chi connectivity index (χ1n) is 5.77. The van der Waals surface area contributed by atoms with E-state index in [0.29, 0.717) is 0 Å². The number of carbonyl (C=O) groups is 2. The van der Waals surface area contributed by atoms with Gasteiger partial charge >= 0.3 is 0 Å². The second-order valence-corrected chi connectivity index (χ2v) is 4.19. The second kappa shape index (κ2) is 5.43. The average Bonchev–Trinajstić information content (AvgIpc) is 2.85. The molecule has 20 heavy (non-hydrogen) atoms. The van der Waals surface area contributed by atoms with Crippen molar-refractivity contribution in [2.75, 3.05) is 0 Å². The molecule has 1 aromatic carbocycles. The van der Waals surface area contributed by atoms with E-state index in [4.69, 9.17) is 0 Å². The number of benzene rings is 1. The number of aromatic nitrogens is 2. The van der Waals surface area contributed by atoms with Gasteiger partial charge in [0.2, 0.25) is 5.78 Å². The lowest BCUT2D eigenvalue weighted by molar-refractivity contribution is -0.384. The Bertz CT molecular complexity index is 673. The van der Waals surface area contributed by atoms with Gasteiger partial charge in [-0.25, -0.2) is 4.98 Å². The fourth-order valence-corrected chi connectivity index (χ4v) is 1.73. The molecule has 2 rings (SSSR count). The summed E-state index contributed by atoms with van der Waals surface area (Å²) in [7, 11) is 1.66. The van der Waals surface area contributed by atoms with E-state index in [2.05, 4.69) is 4.98 Å². The molecule has 2 aromatic rings. The molecule has 7 nitrogen and oxygen atoms in total. The molecular weight excluding hydrogens is 262 g/mol. The fourth-order valence-electron chi connectivity index (χ4n) is 1.73. The van der Waals surface area contributed by atoms with E-state index in [1.807, 2.05) is 0 Å². The molecule has 0 aliphatic heterocycles. The lowest BCUT2D eigenvalue weighted by Gasteiger charge is -2.01. The highest BCUT2D eigenvalue weighted by Crippen LogP contribution is 2.14. The summed E-state index contributed by atoms with van der Waals surface area (Å²) < 4.78 is 1.53. The Hall–Kier alpha value is -2.83. The molecule has 0 bridgehead atoms. The summed E-state index contributed by atoms with van der Waals surface area (Å²) in [5, 5.41) is 10.5. The van der Waals surface area contributed by atoms with E-state index in [0.717, 1.165) is 0 Å². The minimum Gasteiger partial charge on any atom is -0.332 e. The molecule has 0 aliphatic rings. The number of rotatable bonds is 5. The van der Waals surface area contributed by atoms with E-state index >= 15 is 0 Å². The summed E-state index contributed by atoms with van der Waals surface area (Å²) in [5.41, 5.74) is 0.162. The molecule has 0 spiro atoms. The third kappa shape index (κ3) is 2.77. The van der Waals surface area contributed by atoms with Gasteiger partial charge in [-0.15, -0.1) is 0 Å². The van der Waals surface area contributed by atoms with Crippen LogP contribution < -0.4 is 0 Å². The third-order valence-electron chi connectivity index (χ3n) is 2.79. The zero-order chi connectivity index (χ0) is 14.7. The molecule has 102 valence electrons. The van der Waals surface area contributed by atoms with Crippen molar-refractivity contribution in [2.24, 2.45) is 7.05 Å². The van der Waals surface area contributed by atoms with Crippen LogP contribution in [0.4, 0.5) is 5.69 Å². The summed E-state index contributed by atoms with van der Waals surface area (Å²) in [4.78, 5) is 37.6. The Balaban J connectivity index is 2.10. The Morgan fingerprint density at radius 3 is 2.40 bits per heavy atom. The maximum atomic E-state index is 11.9. The van der Waals surface area contributed by atoms with Gasteiger partial charge in [0, 0.05) is 37.1 Å². The average molecular weight is 273 g/mol. The van der Waals surface area contributed by atoms with Crippen LogP contribution in [0, 0.1) is 10.1 Å². The van der Waals surface area contributed by atoms with E-state index in [9.17, 15) is 19.7 Å². The van der Waals surface area contributed by atoms with E-state index < -0.39 is 10.7 Å². The van der Waals surface area contributed by atoms with Crippen LogP contribution in [0.2, 0.25) is 0 Å². The highest BCUT2D eigenvalue weighted by atomic mass is 16.6. The molecule has 0 atom stereocenters. The van der Waals surface area contributed by atoms with Crippen molar-refractivity contribution in [2.45, 2.75) is 6.42 Å². The third-order valence-corrected chi connectivity index (χ3v) is 2.79. The van der Waals surface area contributed by atoms with Gasteiger partial charge in [-0.1, -0.05) is 0 Å². The van der Waals surface area contributed by atoms with Crippen molar-refractivity contribution in [3.05, 3.63) is 58.2 Å². The van der Waals surface area contributed by atoms with Crippen LogP contribution in [0.3, 0.4) is 0 Å². The Morgan fingerprint density at radius 2 is 1.90 bits per heavy atom. The zero-order valence-corrected chi connectivity index (χ0v) is 10.6. The number of aryl methyl sites for hydroxylation is 1. The largest absolute Gasteiger partial charge is 0.332 e. The minimum atomic E-state index is -0.548. The predicted molar refractivity (Wildman–Crippen MR) is 69.6 cm³/mol. The summed E-state index contributed by atoms with van der Waals surface area (Å²) in [5.74, 6) is -0.575. The first kappa shape index (κ1) is 13.6. The van der Waals surface area contributed by atoms with Crippen LogP contribution in [0.5, 0.6) is 0 Å². The number of carbonyl (C=O) groups excluding carboxylic acids is 2. The maximum Gasteiger partial charge on any atom is 0.269 e. The summed E-state index contributed by atoms with van der Waals surface area (Å²) >= 11 is 0. The predicted octanol–water partition coefficient (Wildman–Crippen LogP) is 1.78. The molecule has 1 heterocycles. The molecule has 0 aliphatic carbocycles. The Labute approximate surface area is 114 Å². The van der Waals surface area contributed by atoms with Crippen LogP contribution in [0.25, 0.3) is 0 Å². The SMILES string of the molecule is Cn1ccnc1C(=O)CC(=O)c1ccc([N+](=O)[O-])cc1. The monoisotopic (exact) mass is 273 g/mol. The molecule has 0 saturated heterocycles. The van der Waals surface area contributed by atoms with Gasteiger partial charge in [-0.2, -0.15) is 0 Å². The molecule has 0 radical (unpaired) electrons. The van der Waals surface area contributed by atoms with Gasteiger partial charge in [-0.3, -0.25) is 19.7 Å². The Morgan fingerprint density at radius 1 is 1.25 bits per heavy atom. The summed E-state index contributed by atoms with van der Waals surface area (Å²) in [6.45, 7) is 0. The van der Waals surface area contributed by atoms with Crippen molar-refractivity contribution >= 4 is 17.3 Å². The molecule has 0 unspecified atom stereocenters. The fraction of sp³-hybridized carbons (Fsp3) is 0.154. The van der Waals surface area contributed by atoms with Crippen LogP contribution in [0.1, 0.15) is 27.4 Å². The first-order chi connectivity index (χ1) is 9.49. The van der Waals surface area contributed by atoms with Crippen LogP contribution in [-0.4, -0.2) is 26.0 Å². The highest BCUT2D eigenvalue weighted by molar-refractivity contribution is 6.12. The maximum absolute atomic E-state index is 11.9. The van der Waals surface area contributed by atoms with Gasteiger partial charge in [0.25, 0.3) is 5.69 Å². The van der Waals surface area contributed by atoms with Gasteiger partial charge in [-0.05, 0) is 12.1 Å². The van der Waals surface area contributed by atoms with Crippen molar-refractivity contribution in [3.8, 4) is 0 Å². The van der Waals surface area contributed by atoms with Gasteiger partial charge in [0.15, 0.2) is 11.6 Å². The number of Topliss-reactive ketones (excluding diaryl/α,β-unsaturated/α-hetero) is 2. The number of nitrogens with zero attached hydrogens (tertiary/aromatic N) is 3.